The third kappa shape index (κ3) is 3.58. The predicted molar refractivity (Wildman–Crippen MR) is 66.4 cm³/mol. The zero-order valence-electron chi connectivity index (χ0n) is 11.4. The van der Waals surface area contributed by atoms with Crippen LogP contribution >= 0.6 is 0 Å². The van der Waals surface area contributed by atoms with Crippen LogP contribution in [-0.2, 0) is 9.53 Å². The van der Waals surface area contributed by atoms with Crippen LogP contribution in [0, 0.1) is 17.3 Å². The first-order chi connectivity index (χ1) is 7.34. The lowest BCUT2D eigenvalue weighted by atomic mass is 9.68. The first-order valence-corrected chi connectivity index (χ1v) is 6.40. The van der Waals surface area contributed by atoms with E-state index < -0.39 is 0 Å². The zero-order valence-corrected chi connectivity index (χ0v) is 11.4. The van der Waals surface area contributed by atoms with Gasteiger partial charge in [0.05, 0.1) is 6.10 Å². The number of rotatable bonds is 3. The summed E-state index contributed by atoms with van der Waals surface area (Å²) in [6.45, 7) is 8.90. The number of methoxy groups -OCH3 is 1. The standard InChI is InChI=1S/C14H26O2/c1-10(16-5)8-11-9-12(14(2,3)4)6-7-13(11)15/h10-12H,6-9H2,1-5H3. The first-order valence-electron chi connectivity index (χ1n) is 6.40. The summed E-state index contributed by atoms with van der Waals surface area (Å²) in [4.78, 5) is 11.9. The fourth-order valence-corrected chi connectivity index (χ4v) is 2.62. The van der Waals surface area contributed by atoms with Crippen LogP contribution in [-0.4, -0.2) is 19.0 Å². The Labute approximate surface area is 99.8 Å². The minimum atomic E-state index is 0.202. The maximum Gasteiger partial charge on any atom is 0.136 e. The topological polar surface area (TPSA) is 26.3 Å². The smallest absolute Gasteiger partial charge is 0.136 e. The molecule has 2 heteroatoms. The van der Waals surface area contributed by atoms with Crippen molar-refractivity contribution in [2.45, 2.75) is 59.5 Å². The molecule has 3 unspecified atom stereocenters. The predicted octanol–water partition coefficient (Wildman–Crippen LogP) is 3.44. The Balaban J connectivity index is 2.58. The Hall–Kier alpha value is -0.370. The van der Waals surface area contributed by atoms with Gasteiger partial charge in [0.2, 0.25) is 0 Å². The largest absolute Gasteiger partial charge is 0.382 e. The zero-order chi connectivity index (χ0) is 12.3. The van der Waals surface area contributed by atoms with Crippen molar-refractivity contribution in [3.63, 3.8) is 0 Å². The minimum absolute atomic E-state index is 0.202. The molecule has 3 atom stereocenters. The number of Topliss-reactive ketones (excluding diaryl/α,β-unsaturated/α-hetero) is 1. The molecule has 0 aromatic heterocycles. The van der Waals surface area contributed by atoms with Gasteiger partial charge in [-0.25, -0.2) is 0 Å². The maximum absolute atomic E-state index is 11.9. The summed E-state index contributed by atoms with van der Waals surface area (Å²) in [5.41, 5.74) is 0.329. The number of ketones is 1. The van der Waals surface area contributed by atoms with Gasteiger partial charge in [0, 0.05) is 19.4 Å². The molecular formula is C14H26O2. The number of hydrogen-bond donors (Lipinski definition) is 0. The van der Waals surface area contributed by atoms with Crippen LogP contribution < -0.4 is 0 Å². The van der Waals surface area contributed by atoms with Crippen molar-refractivity contribution < 1.29 is 9.53 Å². The highest BCUT2D eigenvalue weighted by Gasteiger charge is 2.35. The van der Waals surface area contributed by atoms with Crippen molar-refractivity contribution in [2.24, 2.45) is 17.3 Å². The van der Waals surface area contributed by atoms with Gasteiger partial charge in [0.15, 0.2) is 0 Å². The molecule has 0 spiro atoms. The molecule has 1 rings (SSSR count). The number of ether oxygens (including phenoxy) is 1. The van der Waals surface area contributed by atoms with E-state index in [2.05, 4.69) is 20.8 Å². The van der Waals surface area contributed by atoms with Gasteiger partial charge in [-0.2, -0.15) is 0 Å². The van der Waals surface area contributed by atoms with E-state index in [9.17, 15) is 4.79 Å². The van der Waals surface area contributed by atoms with E-state index in [4.69, 9.17) is 4.74 Å². The van der Waals surface area contributed by atoms with Crippen LogP contribution in [0.15, 0.2) is 0 Å². The highest BCUT2D eigenvalue weighted by molar-refractivity contribution is 5.81. The van der Waals surface area contributed by atoms with E-state index in [1.807, 2.05) is 6.92 Å². The lowest BCUT2D eigenvalue weighted by Crippen LogP contribution is -2.33. The molecule has 0 aromatic carbocycles. The normalized spacial score (nSPS) is 29.2. The maximum atomic E-state index is 11.9. The number of carbonyl (C=O) groups is 1. The SMILES string of the molecule is COC(C)CC1CC(C(C)(C)C)CCC1=O. The Kier molecular flexibility index (Phi) is 4.54. The van der Waals surface area contributed by atoms with Crippen LogP contribution in [0.1, 0.15) is 53.4 Å². The Morgan fingerprint density at radius 3 is 2.56 bits per heavy atom. The van der Waals surface area contributed by atoms with Crippen molar-refractivity contribution in [1.29, 1.82) is 0 Å². The van der Waals surface area contributed by atoms with Crippen molar-refractivity contribution in [2.75, 3.05) is 7.11 Å². The molecular weight excluding hydrogens is 200 g/mol. The second kappa shape index (κ2) is 5.31. The third-order valence-corrected chi connectivity index (χ3v) is 4.01. The van der Waals surface area contributed by atoms with Gasteiger partial charge in [-0.15, -0.1) is 0 Å². The summed E-state index contributed by atoms with van der Waals surface area (Å²) < 4.78 is 5.27. The minimum Gasteiger partial charge on any atom is -0.382 e. The van der Waals surface area contributed by atoms with Gasteiger partial charge < -0.3 is 4.74 Å². The molecule has 0 radical (unpaired) electrons. The monoisotopic (exact) mass is 226 g/mol. The van der Waals surface area contributed by atoms with E-state index in [1.54, 1.807) is 7.11 Å². The quantitative estimate of drug-likeness (QED) is 0.737. The van der Waals surface area contributed by atoms with E-state index >= 15 is 0 Å². The fourth-order valence-electron chi connectivity index (χ4n) is 2.62. The Morgan fingerprint density at radius 2 is 2.06 bits per heavy atom. The first kappa shape index (κ1) is 13.7. The molecule has 0 aliphatic heterocycles. The molecule has 0 aromatic rings. The number of carbonyl (C=O) groups excluding carboxylic acids is 1. The summed E-state index contributed by atoms with van der Waals surface area (Å²) in [6.07, 6.45) is 3.98. The molecule has 2 nitrogen and oxygen atoms in total. The van der Waals surface area contributed by atoms with Crippen molar-refractivity contribution in [3.05, 3.63) is 0 Å². The van der Waals surface area contributed by atoms with Gasteiger partial charge in [0.1, 0.15) is 5.78 Å². The van der Waals surface area contributed by atoms with Crippen LogP contribution in [0.3, 0.4) is 0 Å². The van der Waals surface area contributed by atoms with Crippen LogP contribution in [0.5, 0.6) is 0 Å². The van der Waals surface area contributed by atoms with Crippen molar-refractivity contribution >= 4 is 5.78 Å². The lowest BCUT2D eigenvalue weighted by Gasteiger charge is -2.37. The second-order valence-corrected chi connectivity index (χ2v) is 6.28. The summed E-state index contributed by atoms with van der Waals surface area (Å²) in [7, 11) is 1.72. The van der Waals surface area contributed by atoms with E-state index in [0.29, 0.717) is 17.1 Å². The molecule has 0 N–H and O–H groups in total. The molecule has 0 amide bonds. The summed E-state index contributed by atoms with van der Waals surface area (Å²) in [5.74, 6) is 1.36. The molecule has 16 heavy (non-hydrogen) atoms. The van der Waals surface area contributed by atoms with Crippen molar-refractivity contribution in [1.82, 2.24) is 0 Å². The molecule has 0 bridgehead atoms. The van der Waals surface area contributed by atoms with Gasteiger partial charge in [-0.05, 0) is 37.5 Å². The van der Waals surface area contributed by atoms with Gasteiger partial charge >= 0.3 is 0 Å². The van der Waals surface area contributed by atoms with Gasteiger partial charge in [-0.1, -0.05) is 20.8 Å². The molecule has 94 valence electrons. The average molecular weight is 226 g/mol. The molecule has 1 saturated carbocycles. The molecule has 0 saturated heterocycles. The second-order valence-electron chi connectivity index (χ2n) is 6.28. The summed E-state index contributed by atoms with van der Waals surface area (Å²) in [6, 6.07) is 0. The van der Waals surface area contributed by atoms with Gasteiger partial charge in [0.25, 0.3) is 0 Å². The van der Waals surface area contributed by atoms with E-state index in [1.165, 1.54) is 0 Å². The van der Waals surface area contributed by atoms with Gasteiger partial charge in [-0.3, -0.25) is 4.79 Å². The third-order valence-electron chi connectivity index (χ3n) is 4.01. The van der Waals surface area contributed by atoms with E-state index in [-0.39, 0.29) is 12.0 Å². The average Bonchev–Trinajstić information content (AvgIpc) is 2.19. The van der Waals surface area contributed by atoms with Crippen molar-refractivity contribution in [3.8, 4) is 0 Å². The highest BCUT2D eigenvalue weighted by Crippen LogP contribution is 2.40. The molecule has 1 aliphatic rings. The lowest BCUT2D eigenvalue weighted by molar-refractivity contribution is -0.127. The Bertz CT molecular complexity index is 240. The van der Waals surface area contributed by atoms with E-state index in [0.717, 1.165) is 25.7 Å². The molecule has 1 fully saturated rings. The summed E-state index contributed by atoms with van der Waals surface area (Å²) in [5, 5.41) is 0. The van der Waals surface area contributed by atoms with Crippen LogP contribution in [0.2, 0.25) is 0 Å². The number of hydrogen-bond acceptors (Lipinski definition) is 2. The highest BCUT2D eigenvalue weighted by atomic mass is 16.5. The molecule has 0 heterocycles. The Morgan fingerprint density at radius 1 is 1.44 bits per heavy atom. The fraction of sp³-hybridized carbons (Fsp3) is 0.929. The van der Waals surface area contributed by atoms with Crippen LogP contribution in [0.25, 0.3) is 0 Å². The van der Waals surface area contributed by atoms with Crippen LogP contribution in [0.4, 0.5) is 0 Å². The molecule has 1 aliphatic carbocycles. The summed E-state index contributed by atoms with van der Waals surface area (Å²) >= 11 is 0.